The average Bonchev–Trinajstić information content (AvgIpc) is 2.44. The Hall–Kier alpha value is -1.52. The van der Waals surface area contributed by atoms with Crippen molar-refractivity contribution in [1.82, 2.24) is 10.3 Å². The van der Waals surface area contributed by atoms with Gasteiger partial charge in [0.1, 0.15) is 11.6 Å². The van der Waals surface area contributed by atoms with E-state index in [4.69, 9.17) is 11.6 Å². The topological polar surface area (TPSA) is 24.9 Å². The molecule has 1 N–H and O–H groups in total. The molecule has 0 saturated heterocycles. The molecule has 2 rings (SSSR count). The van der Waals surface area contributed by atoms with Gasteiger partial charge in [0.25, 0.3) is 0 Å². The third-order valence-corrected chi connectivity index (χ3v) is 3.27. The average molecular weight is 297 g/mol. The molecule has 1 aromatic carbocycles. The number of benzene rings is 1. The molecule has 0 aliphatic heterocycles. The van der Waals surface area contributed by atoms with Crippen LogP contribution in [0.4, 0.5) is 8.78 Å². The lowest BCUT2D eigenvalue weighted by Gasteiger charge is -2.20. The van der Waals surface area contributed by atoms with E-state index < -0.39 is 17.7 Å². The molecule has 0 radical (unpaired) electrons. The Labute approximate surface area is 121 Å². The summed E-state index contributed by atoms with van der Waals surface area (Å²) in [6.07, 6.45) is 2.37. The Morgan fingerprint density at radius 2 is 2.10 bits per heavy atom. The van der Waals surface area contributed by atoms with Gasteiger partial charge in [-0.05, 0) is 48.9 Å². The van der Waals surface area contributed by atoms with Crippen molar-refractivity contribution in [2.45, 2.75) is 19.4 Å². The first-order valence-electron chi connectivity index (χ1n) is 6.42. The van der Waals surface area contributed by atoms with Crippen LogP contribution in [0.1, 0.15) is 30.6 Å². The number of pyridine rings is 1. The van der Waals surface area contributed by atoms with E-state index in [1.807, 2.05) is 6.92 Å². The Balaban J connectivity index is 2.47. The van der Waals surface area contributed by atoms with Crippen molar-refractivity contribution in [3.8, 4) is 0 Å². The molecule has 1 aromatic heterocycles. The van der Waals surface area contributed by atoms with E-state index in [0.29, 0.717) is 17.1 Å². The van der Waals surface area contributed by atoms with E-state index in [2.05, 4.69) is 10.3 Å². The van der Waals surface area contributed by atoms with Gasteiger partial charge in [-0.25, -0.2) is 8.78 Å². The Morgan fingerprint density at radius 1 is 1.30 bits per heavy atom. The second kappa shape index (κ2) is 6.77. The largest absolute Gasteiger partial charge is 0.305 e. The summed E-state index contributed by atoms with van der Waals surface area (Å²) in [5.41, 5.74) is 0.700. The summed E-state index contributed by atoms with van der Waals surface area (Å²) in [4.78, 5) is 4.06. The summed E-state index contributed by atoms with van der Waals surface area (Å²) in [5, 5.41) is 3.54. The number of halogens is 3. The smallest absolute Gasteiger partial charge is 0.146 e. The number of hydrogen-bond donors (Lipinski definition) is 1. The molecule has 0 amide bonds. The van der Waals surface area contributed by atoms with Crippen LogP contribution in [0.5, 0.6) is 0 Å². The number of rotatable bonds is 5. The van der Waals surface area contributed by atoms with Crippen LogP contribution in [0, 0.1) is 11.6 Å². The zero-order valence-electron chi connectivity index (χ0n) is 11.0. The summed E-state index contributed by atoms with van der Waals surface area (Å²) in [6, 6.07) is 6.33. The van der Waals surface area contributed by atoms with Gasteiger partial charge in [-0.2, -0.15) is 0 Å². The highest BCUT2D eigenvalue weighted by atomic mass is 35.5. The van der Waals surface area contributed by atoms with Crippen molar-refractivity contribution in [1.29, 1.82) is 0 Å². The van der Waals surface area contributed by atoms with E-state index >= 15 is 0 Å². The van der Waals surface area contributed by atoms with Crippen LogP contribution < -0.4 is 5.32 Å². The molecule has 5 heteroatoms. The van der Waals surface area contributed by atoms with Gasteiger partial charge in [0.15, 0.2) is 0 Å². The fraction of sp³-hybridized carbons (Fsp3) is 0.267. The summed E-state index contributed by atoms with van der Waals surface area (Å²) in [5.74, 6) is -0.856. The summed E-state index contributed by atoms with van der Waals surface area (Å²) in [7, 11) is 0. The highest BCUT2D eigenvalue weighted by Gasteiger charge is 2.21. The van der Waals surface area contributed by atoms with Gasteiger partial charge in [-0.3, -0.25) is 4.98 Å². The van der Waals surface area contributed by atoms with E-state index in [9.17, 15) is 8.78 Å². The third-order valence-electron chi connectivity index (χ3n) is 2.93. The fourth-order valence-electron chi connectivity index (χ4n) is 1.99. The first-order valence-corrected chi connectivity index (χ1v) is 6.80. The minimum Gasteiger partial charge on any atom is -0.305 e. The molecule has 1 atom stereocenters. The van der Waals surface area contributed by atoms with Crippen LogP contribution in [0.3, 0.4) is 0 Å². The Bertz CT molecular complexity index is 590. The van der Waals surface area contributed by atoms with Crippen molar-refractivity contribution in [2.24, 2.45) is 0 Å². The molecule has 1 heterocycles. The molecule has 1 unspecified atom stereocenters. The predicted molar refractivity (Wildman–Crippen MR) is 75.7 cm³/mol. The standard InChI is InChI=1S/C15H15ClF2N2/c1-2-7-19-14(15-13(18)4-3-8-20-15)11-9-10(17)5-6-12(11)16/h3-6,8-9,14,19H,2,7H2,1H3. The summed E-state index contributed by atoms with van der Waals surface area (Å²) < 4.78 is 27.4. The van der Waals surface area contributed by atoms with Crippen molar-refractivity contribution < 1.29 is 8.78 Å². The molecule has 0 saturated carbocycles. The zero-order valence-corrected chi connectivity index (χ0v) is 11.8. The lowest BCUT2D eigenvalue weighted by Crippen LogP contribution is -2.25. The van der Waals surface area contributed by atoms with Gasteiger partial charge >= 0.3 is 0 Å². The highest BCUT2D eigenvalue weighted by Crippen LogP contribution is 2.29. The first-order chi connectivity index (χ1) is 9.63. The van der Waals surface area contributed by atoms with Crippen LogP contribution in [0.25, 0.3) is 0 Å². The van der Waals surface area contributed by atoms with E-state index in [1.54, 1.807) is 0 Å². The molecular weight excluding hydrogens is 282 g/mol. The van der Waals surface area contributed by atoms with Crippen molar-refractivity contribution >= 4 is 11.6 Å². The molecule has 2 aromatic rings. The van der Waals surface area contributed by atoms with E-state index in [-0.39, 0.29) is 5.69 Å². The minimum atomic E-state index is -0.570. The predicted octanol–water partition coefficient (Wildman–Crippen LogP) is 4.10. The molecule has 106 valence electrons. The molecule has 0 aliphatic rings. The first kappa shape index (κ1) is 14.9. The van der Waals surface area contributed by atoms with Crippen LogP contribution in [0.15, 0.2) is 36.5 Å². The third kappa shape index (κ3) is 3.32. The molecule has 0 fully saturated rings. The molecule has 0 spiro atoms. The van der Waals surface area contributed by atoms with Crippen LogP contribution in [-0.2, 0) is 0 Å². The van der Waals surface area contributed by atoms with Gasteiger partial charge in [-0.15, -0.1) is 0 Å². The number of nitrogens with zero attached hydrogens (tertiary/aromatic N) is 1. The van der Waals surface area contributed by atoms with Crippen LogP contribution in [-0.4, -0.2) is 11.5 Å². The Kier molecular flexibility index (Phi) is 5.04. The maximum absolute atomic E-state index is 13.9. The summed E-state index contributed by atoms with van der Waals surface area (Å²) >= 11 is 6.12. The highest BCUT2D eigenvalue weighted by molar-refractivity contribution is 6.31. The van der Waals surface area contributed by atoms with Crippen LogP contribution in [0.2, 0.25) is 5.02 Å². The van der Waals surface area contributed by atoms with Gasteiger partial charge in [0, 0.05) is 11.2 Å². The summed E-state index contributed by atoms with van der Waals surface area (Å²) in [6.45, 7) is 2.64. The quantitative estimate of drug-likeness (QED) is 0.898. The van der Waals surface area contributed by atoms with Gasteiger partial charge < -0.3 is 5.32 Å². The van der Waals surface area contributed by atoms with Crippen molar-refractivity contribution in [3.05, 3.63) is 64.4 Å². The molecule has 0 bridgehead atoms. The number of nitrogens with one attached hydrogen (secondary N) is 1. The number of aromatic nitrogens is 1. The van der Waals surface area contributed by atoms with Crippen LogP contribution >= 0.6 is 11.6 Å². The molecule has 2 nitrogen and oxygen atoms in total. The molecule has 0 aliphatic carbocycles. The van der Waals surface area contributed by atoms with E-state index in [1.165, 1.54) is 36.5 Å². The number of hydrogen-bond acceptors (Lipinski definition) is 2. The zero-order chi connectivity index (χ0) is 14.5. The fourth-order valence-corrected chi connectivity index (χ4v) is 2.22. The normalized spacial score (nSPS) is 12.4. The monoisotopic (exact) mass is 296 g/mol. The second-order valence-electron chi connectivity index (χ2n) is 4.42. The molecular formula is C15H15ClF2N2. The SMILES string of the molecule is CCCNC(c1cc(F)ccc1Cl)c1ncccc1F. The Morgan fingerprint density at radius 3 is 2.80 bits per heavy atom. The second-order valence-corrected chi connectivity index (χ2v) is 4.83. The minimum absolute atomic E-state index is 0.216. The van der Waals surface area contributed by atoms with Gasteiger partial charge in [0.05, 0.1) is 11.7 Å². The van der Waals surface area contributed by atoms with Gasteiger partial charge in [0.2, 0.25) is 0 Å². The molecule has 20 heavy (non-hydrogen) atoms. The maximum Gasteiger partial charge on any atom is 0.146 e. The van der Waals surface area contributed by atoms with Gasteiger partial charge in [-0.1, -0.05) is 18.5 Å². The van der Waals surface area contributed by atoms with E-state index in [0.717, 1.165) is 6.42 Å². The lowest BCUT2D eigenvalue weighted by atomic mass is 10.0. The van der Waals surface area contributed by atoms with Crippen molar-refractivity contribution in [2.75, 3.05) is 6.54 Å². The maximum atomic E-state index is 13.9. The lowest BCUT2D eigenvalue weighted by molar-refractivity contribution is 0.528. The van der Waals surface area contributed by atoms with Crippen molar-refractivity contribution in [3.63, 3.8) is 0 Å².